The largest absolute Gasteiger partial charge is 0.417 e. The molecular weight excluding hydrogens is 377 g/mol. The van der Waals surface area contributed by atoms with Gasteiger partial charge in [-0.1, -0.05) is 24.3 Å². The van der Waals surface area contributed by atoms with Gasteiger partial charge in [0, 0.05) is 18.1 Å². The molecular formula is C19H17F3N2O2S. The van der Waals surface area contributed by atoms with Crippen LogP contribution in [0.25, 0.3) is 10.9 Å². The van der Waals surface area contributed by atoms with Crippen molar-refractivity contribution in [1.82, 2.24) is 8.87 Å². The molecule has 0 N–H and O–H groups in total. The lowest BCUT2D eigenvalue weighted by Gasteiger charge is -2.30. The summed E-state index contributed by atoms with van der Waals surface area (Å²) in [6.07, 6.45) is -2.29. The van der Waals surface area contributed by atoms with Gasteiger partial charge in [-0.3, -0.25) is 4.90 Å². The van der Waals surface area contributed by atoms with E-state index in [1.807, 2.05) is 6.07 Å². The highest BCUT2D eigenvalue weighted by Crippen LogP contribution is 2.36. The van der Waals surface area contributed by atoms with Crippen LogP contribution >= 0.6 is 0 Å². The molecule has 0 unspecified atom stereocenters. The molecule has 8 heteroatoms. The first kappa shape index (κ1) is 18.1. The molecule has 1 aromatic heterocycles. The van der Waals surface area contributed by atoms with Crippen LogP contribution in [0.15, 0.2) is 59.6 Å². The topological polar surface area (TPSA) is 42.3 Å². The van der Waals surface area contributed by atoms with E-state index in [2.05, 4.69) is 4.90 Å². The van der Waals surface area contributed by atoms with E-state index in [4.69, 9.17) is 0 Å². The Labute approximate surface area is 154 Å². The Hall–Kier alpha value is -2.32. The number of benzene rings is 2. The number of aromatic nitrogens is 1. The highest BCUT2D eigenvalue weighted by molar-refractivity contribution is 7.90. The minimum Gasteiger partial charge on any atom is -0.299 e. The van der Waals surface area contributed by atoms with E-state index in [1.54, 1.807) is 18.2 Å². The smallest absolute Gasteiger partial charge is 0.299 e. The predicted octanol–water partition coefficient (Wildman–Crippen LogP) is 4.10. The first-order chi connectivity index (χ1) is 12.8. The molecule has 1 aliphatic heterocycles. The number of nitrogens with zero attached hydrogens (tertiary/aromatic N) is 2. The molecule has 142 valence electrons. The second-order valence-electron chi connectivity index (χ2n) is 6.59. The van der Waals surface area contributed by atoms with Gasteiger partial charge in [0.25, 0.3) is 10.0 Å². The highest BCUT2D eigenvalue weighted by atomic mass is 32.2. The molecule has 1 fully saturated rings. The first-order valence-electron chi connectivity index (χ1n) is 8.51. The van der Waals surface area contributed by atoms with E-state index in [-0.39, 0.29) is 0 Å². The molecule has 0 radical (unpaired) electrons. The summed E-state index contributed by atoms with van der Waals surface area (Å²) in [4.78, 5) is 1.49. The van der Waals surface area contributed by atoms with Crippen molar-refractivity contribution in [3.63, 3.8) is 0 Å². The minimum atomic E-state index is -4.75. The maximum absolute atomic E-state index is 13.3. The van der Waals surface area contributed by atoms with E-state index in [0.29, 0.717) is 12.1 Å². The Morgan fingerprint density at radius 1 is 0.963 bits per heavy atom. The Morgan fingerprint density at radius 2 is 1.70 bits per heavy atom. The SMILES string of the molecule is O=S(=O)(c1ccccc1C(F)(F)F)n1ccc2c(CN3CCC3)cccc21. The third kappa shape index (κ3) is 3.12. The predicted molar refractivity (Wildman–Crippen MR) is 95.9 cm³/mol. The normalized spacial score (nSPS) is 15.8. The quantitative estimate of drug-likeness (QED) is 0.669. The minimum absolute atomic E-state index is 0.380. The van der Waals surface area contributed by atoms with Gasteiger partial charge < -0.3 is 0 Å². The van der Waals surface area contributed by atoms with E-state index < -0.39 is 26.7 Å². The van der Waals surface area contributed by atoms with E-state index in [1.165, 1.54) is 18.3 Å². The summed E-state index contributed by atoms with van der Waals surface area (Å²) >= 11 is 0. The van der Waals surface area contributed by atoms with Gasteiger partial charge in [-0.2, -0.15) is 13.2 Å². The van der Waals surface area contributed by atoms with Crippen molar-refractivity contribution in [1.29, 1.82) is 0 Å². The van der Waals surface area contributed by atoms with Gasteiger partial charge >= 0.3 is 6.18 Å². The summed E-state index contributed by atoms with van der Waals surface area (Å²) in [6, 6.07) is 11.2. The summed E-state index contributed by atoms with van der Waals surface area (Å²) < 4.78 is 66.9. The zero-order valence-corrected chi connectivity index (χ0v) is 15.1. The van der Waals surface area contributed by atoms with Crippen LogP contribution < -0.4 is 0 Å². The van der Waals surface area contributed by atoms with Crippen LogP contribution in [0.1, 0.15) is 17.5 Å². The summed E-state index contributed by atoms with van der Waals surface area (Å²) in [5.41, 5.74) is 0.179. The molecule has 0 aliphatic carbocycles. The second-order valence-corrected chi connectivity index (χ2v) is 8.37. The van der Waals surface area contributed by atoms with Crippen molar-refractivity contribution < 1.29 is 21.6 Å². The molecule has 0 atom stereocenters. The fraction of sp³-hybridized carbons (Fsp3) is 0.263. The fourth-order valence-electron chi connectivity index (χ4n) is 3.37. The molecule has 2 aromatic carbocycles. The lowest BCUT2D eigenvalue weighted by molar-refractivity contribution is -0.139. The molecule has 0 amide bonds. The number of alkyl halides is 3. The van der Waals surface area contributed by atoms with Gasteiger partial charge in [0.05, 0.1) is 11.1 Å². The molecule has 27 heavy (non-hydrogen) atoms. The molecule has 4 rings (SSSR count). The standard InChI is InChI=1S/C19H17F3N2O2S/c20-19(21,22)16-6-1-2-8-18(16)27(25,26)24-12-9-15-14(5-3-7-17(15)24)13-23-10-4-11-23/h1-3,5-9,12H,4,10-11,13H2. The van der Waals surface area contributed by atoms with Gasteiger partial charge in [0.2, 0.25) is 0 Å². The lowest BCUT2D eigenvalue weighted by atomic mass is 10.1. The molecule has 1 saturated heterocycles. The van der Waals surface area contributed by atoms with E-state index in [9.17, 15) is 21.6 Å². The number of rotatable bonds is 4. The molecule has 0 bridgehead atoms. The van der Waals surface area contributed by atoms with Crippen LogP contribution in [-0.2, 0) is 22.7 Å². The van der Waals surface area contributed by atoms with Gasteiger partial charge in [-0.15, -0.1) is 0 Å². The average Bonchev–Trinajstić information content (AvgIpc) is 3.03. The Bertz CT molecular complexity index is 1100. The van der Waals surface area contributed by atoms with Gasteiger partial charge in [-0.25, -0.2) is 12.4 Å². The number of fused-ring (bicyclic) bond motifs is 1. The summed E-state index contributed by atoms with van der Waals surface area (Å²) in [7, 11) is -4.39. The van der Waals surface area contributed by atoms with E-state index in [0.717, 1.165) is 46.6 Å². The second kappa shape index (κ2) is 6.38. The first-order valence-corrected chi connectivity index (χ1v) is 9.95. The molecule has 2 heterocycles. The van der Waals surface area contributed by atoms with Gasteiger partial charge in [0.1, 0.15) is 4.90 Å². The molecule has 4 nitrogen and oxygen atoms in total. The number of halogens is 3. The number of hydrogen-bond acceptors (Lipinski definition) is 3. The van der Waals surface area contributed by atoms with E-state index >= 15 is 0 Å². The Morgan fingerprint density at radius 3 is 2.37 bits per heavy atom. The zero-order valence-electron chi connectivity index (χ0n) is 14.3. The molecule has 0 saturated carbocycles. The van der Waals surface area contributed by atoms with Crippen LogP contribution in [-0.4, -0.2) is 30.4 Å². The summed E-state index contributed by atoms with van der Waals surface area (Å²) in [6.45, 7) is 2.68. The molecule has 3 aromatic rings. The van der Waals surface area contributed by atoms with Crippen molar-refractivity contribution in [2.24, 2.45) is 0 Å². The number of hydrogen-bond donors (Lipinski definition) is 0. The van der Waals surface area contributed by atoms with Crippen molar-refractivity contribution >= 4 is 20.9 Å². The maximum atomic E-state index is 13.3. The van der Waals surface area contributed by atoms with Crippen molar-refractivity contribution in [3.8, 4) is 0 Å². The lowest BCUT2D eigenvalue weighted by Crippen LogP contribution is -2.36. The van der Waals surface area contributed by atoms with Crippen LogP contribution in [0, 0.1) is 0 Å². The van der Waals surface area contributed by atoms with Crippen molar-refractivity contribution in [2.75, 3.05) is 13.1 Å². The van der Waals surface area contributed by atoms with Crippen LogP contribution in [0.3, 0.4) is 0 Å². The fourth-order valence-corrected chi connectivity index (χ4v) is 4.93. The molecule has 0 spiro atoms. The third-order valence-electron chi connectivity index (χ3n) is 4.86. The zero-order chi connectivity index (χ0) is 19.2. The maximum Gasteiger partial charge on any atom is 0.417 e. The van der Waals surface area contributed by atoms with Crippen molar-refractivity contribution in [2.45, 2.75) is 24.0 Å². The monoisotopic (exact) mass is 394 g/mol. The number of likely N-dealkylation sites (tertiary alicyclic amines) is 1. The van der Waals surface area contributed by atoms with Crippen LogP contribution in [0.5, 0.6) is 0 Å². The summed E-state index contributed by atoms with van der Waals surface area (Å²) in [5.74, 6) is 0. The van der Waals surface area contributed by atoms with Gasteiger partial charge in [-0.05, 0) is 49.3 Å². The van der Waals surface area contributed by atoms with Gasteiger partial charge in [0.15, 0.2) is 0 Å². The molecule has 1 aliphatic rings. The highest BCUT2D eigenvalue weighted by Gasteiger charge is 2.37. The Kier molecular flexibility index (Phi) is 4.27. The Balaban J connectivity index is 1.84. The van der Waals surface area contributed by atoms with Crippen LogP contribution in [0.4, 0.5) is 13.2 Å². The van der Waals surface area contributed by atoms with Crippen LogP contribution in [0.2, 0.25) is 0 Å². The van der Waals surface area contributed by atoms with Crippen molar-refractivity contribution in [3.05, 3.63) is 65.9 Å². The summed E-state index contributed by atoms with van der Waals surface area (Å²) in [5, 5.41) is 0.734. The average molecular weight is 394 g/mol. The third-order valence-corrected chi connectivity index (χ3v) is 6.61.